The van der Waals surface area contributed by atoms with Crippen molar-refractivity contribution in [1.29, 1.82) is 5.26 Å². The predicted octanol–water partition coefficient (Wildman–Crippen LogP) is 1.02. The fraction of sp³-hybridized carbons (Fsp3) is 0.571. The third-order valence-electron chi connectivity index (χ3n) is 1.87. The van der Waals surface area contributed by atoms with Crippen molar-refractivity contribution in [1.82, 2.24) is 5.32 Å². The summed E-state index contributed by atoms with van der Waals surface area (Å²) in [6.45, 7) is 4.13. The standard InChI is InChI=1S/C7H10N2/c1-5-6(2)9-4-7(5)3-8/h4-6,9H,1-2H3. The van der Waals surface area contributed by atoms with Gasteiger partial charge in [-0.25, -0.2) is 0 Å². The van der Waals surface area contributed by atoms with E-state index in [4.69, 9.17) is 5.26 Å². The normalized spacial score (nSPS) is 32.8. The zero-order valence-electron chi connectivity index (χ0n) is 5.68. The first-order chi connectivity index (χ1) is 4.25. The van der Waals surface area contributed by atoms with Crippen LogP contribution >= 0.6 is 0 Å². The number of hydrogen-bond acceptors (Lipinski definition) is 2. The molecule has 0 radical (unpaired) electrons. The second-order valence-electron chi connectivity index (χ2n) is 2.46. The Kier molecular flexibility index (Phi) is 1.44. The molecule has 1 N–H and O–H groups in total. The average Bonchev–Trinajstić information content (AvgIpc) is 2.15. The lowest BCUT2D eigenvalue weighted by Gasteiger charge is -2.08. The Morgan fingerprint density at radius 2 is 2.33 bits per heavy atom. The van der Waals surface area contributed by atoms with Crippen molar-refractivity contribution in [3.05, 3.63) is 11.8 Å². The van der Waals surface area contributed by atoms with Crippen molar-refractivity contribution in [3.63, 3.8) is 0 Å². The highest BCUT2D eigenvalue weighted by Crippen LogP contribution is 2.18. The van der Waals surface area contributed by atoms with E-state index < -0.39 is 0 Å². The van der Waals surface area contributed by atoms with Crippen LogP contribution in [-0.2, 0) is 0 Å². The maximum Gasteiger partial charge on any atom is 0.0965 e. The molecule has 1 heterocycles. The van der Waals surface area contributed by atoms with Gasteiger partial charge >= 0.3 is 0 Å². The number of nitrogens with zero attached hydrogens (tertiary/aromatic N) is 1. The lowest BCUT2D eigenvalue weighted by Crippen LogP contribution is -2.20. The van der Waals surface area contributed by atoms with Gasteiger partial charge in [-0.15, -0.1) is 0 Å². The van der Waals surface area contributed by atoms with Crippen molar-refractivity contribution < 1.29 is 0 Å². The Morgan fingerprint density at radius 3 is 2.56 bits per heavy atom. The number of rotatable bonds is 0. The lowest BCUT2D eigenvalue weighted by atomic mass is 10.0. The molecule has 0 aliphatic carbocycles. The summed E-state index contributed by atoms with van der Waals surface area (Å²) < 4.78 is 0. The minimum atomic E-state index is 0.384. The van der Waals surface area contributed by atoms with Gasteiger partial charge < -0.3 is 5.32 Å². The van der Waals surface area contributed by atoms with Crippen molar-refractivity contribution in [2.45, 2.75) is 19.9 Å². The zero-order chi connectivity index (χ0) is 6.85. The van der Waals surface area contributed by atoms with Crippen LogP contribution in [0, 0.1) is 17.2 Å². The first kappa shape index (κ1) is 6.15. The molecule has 0 spiro atoms. The van der Waals surface area contributed by atoms with Gasteiger partial charge in [-0.3, -0.25) is 0 Å². The highest BCUT2D eigenvalue weighted by Gasteiger charge is 2.20. The summed E-state index contributed by atoms with van der Waals surface area (Å²) in [5, 5.41) is 11.6. The minimum Gasteiger partial charge on any atom is -0.387 e. The van der Waals surface area contributed by atoms with Crippen LogP contribution in [0.3, 0.4) is 0 Å². The van der Waals surface area contributed by atoms with Crippen LogP contribution in [0.25, 0.3) is 0 Å². The first-order valence-electron chi connectivity index (χ1n) is 3.12. The number of hydrogen-bond donors (Lipinski definition) is 1. The van der Waals surface area contributed by atoms with E-state index in [1.165, 1.54) is 0 Å². The SMILES string of the molecule is CC1NC=C(C#N)C1C. The molecule has 0 aromatic heterocycles. The van der Waals surface area contributed by atoms with Crippen LogP contribution < -0.4 is 5.32 Å². The van der Waals surface area contributed by atoms with E-state index in [9.17, 15) is 0 Å². The van der Waals surface area contributed by atoms with E-state index in [0.717, 1.165) is 5.57 Å². The summed E-state index contributed by atoms with van der Waals surface area (Å²) >= 11 is 0. The summed E-state index contributed by atoms with van der Waals surface area (Å²) in [5.74, 6) is 0.384. The maximum atomic E-state index is 8.50. The van der Waals surface area contributed by atoms with Crippen LogP contribution in [0.2, 0.25) is 0 Å². The molecule has 2 heteroatoms. The molecule has 2 unspecified atom stereocenters. The Hall–Kier alpha value is -0.970. The minimum absolute atomic E-state index is 0.384. The Balaban J connectivity index is 2.69. The molecule has 2 nitrogen and oxygen atoms in total. The summed E-state index contributed by atoms with van der Waals surface area (Å²) in [6, 6.07) is 2.57. The van der Waals surface area contributed by atoms with E-state index in [1.54, 1.807) is 6.20 Å². The van der Waals surface area contributed by atoms with Crippen molar-refractivity contribution in [2.24, 2.45) is 5.92 Å². The van der Waals surface area contributed by atoms with Gasteiger partial charge in [0.2, 0.25) is 0 Å². The molecule has 1 aliphatic rings. The molecule has 0 amide bonds. The van der Waals surface area contributed by atoms with E-state index >= 15 is 0 Å². The van der Waals surface area contributed by atoms with Gasteiger partial charge in [0.1, 0.15) is 0 Å². The fourth-order valence-corrected chi connectivity index (χ4v) is 0.900. The maximum absolute atomic E-state index is 8.50. The predicted molar refractivity (Wildman–Crippen MR) is 35.5 cm³/mol. The molecule has 0 aromatic rings. The van der Waals surface area contributed by atoms with Gasteiger partial charge in [0.25, 0.3) is 0 Å². The quantitative estimate of drug-likeness (QED) is 0.520. The molecule has 1 rings (SSSR count). The molecule has 48 valence electrons. The first-order valence-corrected chi connectivity index (χ1v) is 3.12. The largest absolute Gasteiger partial charge is 0.387 e. The second-order valence-corrected chi connectivity index (χ2v) is 2.46. The highest BCUT2D eigenvalue weighted by atomic mass is 14.9. The summed E-state index contributed by atoms with van der Waals surface area (Å²) in [7, 11) is 0. The molecular formula is C7H10N2. The average molecular weight is 122 g/mol. The topological polar surface area (TPSA) is 35.8 Å². The van der Waals surface area contributed by atoms with E-state index in [1.807, 2.05) is 0 Å². The lowest BCUT2D eigenvalue weighted by molar-refractivity contribution is 0.547. The van der Waals surface area contributed by atoms with Crippen LogP contribution in [0.4, 0.5) is 0 Å². The molecule has 2 atom stereocenters. The summed E-state index contributed by atoms with van der Waals surface area (Å²) in [6.07, 6.45) is 1.80. The van der Waals surface area contributed by atoms with Gasteiger partial charge in [-0.05, 0) is 6.92 Å². The third-order valence-corrected chi connectivity index (χ3v) is 1.87. The van der Waals surface area contributed by atoms with Crippen LogP contribution in [-0.4, -0.2) is 6.04 Å². The number of nitriles is 1. The van der Waals surface area contributed by atoms with Gasteiger partial charge in [0, 0.05) is 23.7 Å². The highest BCUT2D eigenvalue weighted by molar-refractivity contribution is 5.27. The smallest absolute Gasteiger partial charge is 0.0965 e. The van der Waals surface area contributed by atoms with Gasteiger partial charge in [0.15, 0.2) is 0 Å². The Bertz CT molecular complexity index is 176. The molecule has 0 saturated heterocycles. The summed E-state index contributed by atoms with van der Waals surface area (Å²) in [5.41, 5.74) is 0.863. The van der Waals surface area contributed by atoms with E-state index in [2.05, 4.69) is 25.2 Å². The van der Waals surface area contributed by atoms with Crippen LogP contribution in [0.15, 0.2) is 11.8 Å². The molecule has 9 heavy (non-hydrogen) atoms. The van der Waals surface area contributed by atoms with Crippen molar-refractivity contribution in [3.8, 4) is 6.07 Å². The summed E-state index contributed by atoms with van der Waals surface area (Å²) in [4.78, 5) is 0. The molecule has 0 fully saturated rings. The fourth-order valence-electron chi connectivity index (χ4n) is 0.900. The third kappa shape index (κ3) is 0.904. The van der Waals surface area contributed by atoms with Gasteiger partial charge in [-0.1, -0.05) is 6.92 Å². The Labute approximate surface area is 55.2 Å². The van der Waals surface area contributed by atoms with E-state index in [0.29, 0.717) is 12.0 Å². The van der Waals surface area contributed by atoms with Crippen molar-refractivity contribution >= 4 is 0 Å². The Morgan fingerprint density at radius 1 is 1.67 bits per heavy atom. The molecule has 0 saturated carbocycles. The zero-order valence-corrected chi connectivity index (χ0v) is 5.68. The molecule has 0 aromatic carbocycles. The molecule has 1 aliphatic heterocycles. The van der Waals surface area contributed by atoms with Gasteiger partial charge in [0.05, 0.1) is 6.07 Å². The van der Waals surface area contributed by atoms with Crippen molar-refractivity contribution in [2.75, 3.05) is 0 Å². The molecular weight excluding hydrogens is 112 g/mol. The van der Waals surface area contributed by atoms with Crippen LogP contribution in [0.1, 0.15) is 13.8 Å². The van der Waals surface area contributed by atoms with E-state index in [-0.39, 0.29) is 0 Å². The monoisotopic (exact) mass is 122 g/mol. The van der Waals surface area contributed by atoms with Gasteiger partial charge in [-0.2, -0.15) is 5.26 Å². The van der Waals surface area contributed by atoms with Crippen LogP contribution in [0.5, 0.6) is 0 Å². The molecule has 0 bridgehead atoms. The second kappa shape index (κ2) is 2.10. The number of nitrogens with one attached hydrogen (secondary N) is 1.